The van der Waals surface area contributed by atoms with Crippen LogP contribution in [0.3, 0.4) is 0 Å². The van der Waals surface area contributed by atoms with Gasteiger partial charge in [0.05, 0.1) is 46.5 Å². The van der Waals surface area contributed by atoms with E-state index in [2.05, 4.69) is 16.1 Å². The van der Waals surface area contributed by atoms with E-state index >= 15 is 4.39 Å². The Balaban J connectivity index is 1.50. The smallest absolute Gasteiger partial charge is 0.328 e. The summed E-state index contributed by atoms with van der Waals surface area (Å²) in [4.78, 5) is 36.4. The molecule has 12 heteroatoms. The summed E-state index contributed by atoms with van der Waals surface area (Å²) < 4.78 is 24.6. The first-order valence-corrected chi connectivity index (χ1v) is 14.2. The SMILES string of the molecule is CC(=O)N1CCC(c2cc(-n3c(-c4cncn4C)nc4cc(-c5cnn(C)c5)c(F)cc43)cc3c2n(C)c(=O)n3C)CC1. The van der Waals surface area contributed by atoms with Gasteiger partial charge in [0.2, 0.25) is 5.91 Å². The molecule has 2 aromatic carbocycles. The minimum atomic E-state index is -0.386. The Bertz CT molecular complexity index is 2120. The fourth-order valence-corrected chi connectivity index (χ4v) is 6.50. The van der Waals surface area contributed by atoms with Crippen LogP contribution in [0.4, 0.5) is 4.39 Å². The number of imidazole rings is 3. The quantitative estimate of drug-likeness (QED) is 0.315. The van der Waals surface area contributed by atoms with Gasteiger partial charge in [-0.1, -0.05) is 0 Å². The van der Waals surface area contributed by atoms with Crippen molar-refractivity contribution in [3.63, 3.8) is 0 Å². The lowest BCUT2D eigenvalue weighted by molar-refractivity contribution is -0.129. The third kappa shape index (κ3) is 4.19. The van der Waals surface area contributed by atoms with Crippen molar-refractivity contribution in [3.8, 4) is 28.3 Å². The van der Waals surface area contributed by atoms with Crippen LogP contribution in [0.15, 0.2) is 54.0 Å². The van der Waals surface area contributed by atoms with Gasteiger partial charge in [0, 0.05) is 71.6 Å². The maximum atomic E-state index is 15.8. The molecule has 11 nitrogen and oxygen atoms in total. The molecule has 43 heavy (non-hydrogen) atoms. The number of piperidine rings is 1. The van der Waals surface area contributed by atoms with Gasteiger partial charge in [0.1, 0.15) is 11.5 Å². The molecule has 0 unspecified atom stereocenters. The summed E-state index contributed by atoms with van der Waals surface area (Å²) in [6.45, 7) is 2.91. The normalized spacial score (nSPS) is 14.4. The third-order valence-electron chi connectivity index (χ3n) is 8.82. The molecule has 0 spiro atoms. The maximum absolute atomic E-state index is 15.8. The molecule has 4 aromatic heterocycles. The second kappa shape index (κ2) is 9.79. The molecule has 0 N–H and O–H groups in total. The number of aryl methyl sites for hydroxylation is 4. The number of benzene rings is 2. The second-order valence-corrected chi connectivity index (χ2v) is 11.5. The number of rotatable bonds is 4. The van der Waals surface area contributed by atoms with Crippen molar-refractivity contribution in [2.45, 2.75) is 25.7 Å². The number of carbonyl (C=O) groups excluding carboxylic acids is 1. The largest absolute Gasteiger partial charge is 0.343 e. The van der Waals surface area contributed by atoms with Gasteiger partial charge in [-0.05, 0) is 42.5 Å². The first-order valence-electron chi connectivity index (χ1n) is 14.2. The molecule has 1 aliphatic rings. The van der Waals surface area contributed by atoms with E-state index in [0.717, 1.165) is 40.8 Å². The Labute approximate surface area is 246 Å². The van der Waals surface area contributed by atoms with E-state index in [1.165, 1.54) is 6.07 Å². The van der Waals surface area contributed by atoms with Gasteiger partial charge in [0.25, 0.3) is 0 Å². The van der Waals surface area contributed by atoms with Crippen molar-refractivity contribution < 1.29 is 9.18 Å². The summed E-state index contributed by atoms with van der Waals surface area (Å²) in [5, 5.41) is 4.21. The summed E-state index contributed by atoms with van der Waals surface area (Å²) >= 11 is 0. The van der Waals surface area contributed by atoms with Crippen LogP contribution in [0.5, 0.6) is 0 Å². The zero-order valence-electron chi connectivity index (χ0n) is 24.7. The van der Waals surface area contributed by atoms with Crippen LogP contribution < -0.4 is 5.69 Å². The first kappa shape index (κ1) is 26.9. The molecule has 1 amide bonds. The topological polar surface area (TPSA) is 101 Å². The average Bonchev–Trinajstić information content (AvgIpc) is 3.75. The van der Waals surface area contributed by atoms with Gasteiger partial charge in [0.15, 0.2) is 5.82 Å². The minimum absolute atomic E-state index is 0.0721. The molecule has 6 aromatic rings. The van der Waals surface area contributed by atoms with Gasteiger partial charge in [-0.2, -0.15) is 5.10 Å². The molecular weight excluding hydrogens is 549 g/mol. The molecule has 7 rings (SSSR count). The highest BCUT2D eigenvalue weighted by molar-refractivity contribution is 5.89. The predicted octanol–water partition coefficient (Wildman–Crippen LogP) is 3.88. The highest BCUT2D eigenvalue weighted by atomic mass is 19.1. The number of hydrogen-bond donors (Lipinski definition) is 0. The number of aromatic nitrogens is 8. The zero-order chi connectivity index (χ0) is 30.2. The van der Waals surface area contributed by atoms with Gasteiger partial charge < -0.3 is 9.47 Å². The molecule has 1 saturated heterocycles. The lowest BCUT2D eigenvalue weighted by Crippen LogP contribution is -2.36. The summed E-state index contributed by atoms with van der Waals surface area (Å²) in [6, 6.07) is 7.35. The summed E-state index contributed by atoms with van der Waals surface area (Å²) in [6.07, 6.45) is 8.42. The van der Waals surface area contributed by atoms with E-state index in [-0.39, 0.29) is 23.3 Å². The van der Waals surface area contributed by atoms with Crippen LogP contribution in [0.2, 0.25) is 0 Å². The molecule has 5 heterocycles. The van der Waals surface area contributed by atoms with E-state index in [4.69, 9.17) is 4.98 Å². The van der Waals surface area contributed by atoms with Crippen LogP contribution in [-0.2, 0) is 33.0 Å². The molecule has 0 aliphatic carbocycles. The second-order valence-electron chi connectivity index (χ2n) is 11.5. The molecule has 1 fully saturated rings. The Hall–Kier alpha value is -5.00. The van der Waals surface area contributed by atoms with Crippen molar-refractivity contribution >= 4 is 28.0 Å². The molecule has 0 atom stereocenters. The van der Waals surface area contributed by atoms with Crippen LogP contribution in [0.1, 0.15) is 31.2 Å². The fourth-order valence-electron chi connectivity index (χ4n) is 6.50. The summed E-state index contributed by atoms with van der Waals surface area (Å²) in [5.74, 6) is 0.427. The van der Waals surface area contributed by atoms with E-state index in [1.54, 1.807) is 72.9 Å². The van der Waals surface area contributed by atoms with Crippen LogP contribution in [-0.4, -0.2) is 61.9 Å². The van der Waals surface area contributed by atoms with E-state index < -0.39 is 0 Å². The molecule has 220 valence electrons. The Kier molecular flexibility index (Phi) is 6.12. The fraction of sp³-hybridized carbons (Fsp3) is 0.323. The van der Waals surface area contributed by atoms with E-state index in [1.807, 2.05) is 27.1 Å². The molecule has 0 radical (unpaired) electrons. The van der Waals surface area contributed by atoms with Gasteiger partial charge in [-0.3, -0.25) is 23.2 Å². The number of nitrogens with zero attached hydrogens (tertiary/aromatic N) is 9. The first-order chi connectivity index (χ1) is 20.6. The van der Waals surface area contributed by atoms with Crippen LogP contribution >= 0.6 is 0 Å². The average molecular weight is 582 g/mol. The van der Waals surface area contributed by atoms with Gasteiger partial charge >= 0.3 is 5.69 Å². The minimum Gasteiger partial charge on any atom is -0.343 e. The monoisotopic (exact) mass is 581 g/mol. The summed E-state index contributed by atoms with van der Waals surface area (Å²) in [7, 11) is 7.25. The predicted molar refractivity (Wildman–Crippen MR) is 161 cm³/mol. The Morgan fingerprint density at radius 1 is 0.977 bits per heavy atom. The van der Waals surface area contributed by atoms with Gasteiger partial charge in [-0.25, -0.2) is 19.2 Å². The highest BCUT2D eigenvalue weighted by Crippen LogP contribution is 2.38. The number of amides is 1. The maximum Gasteiger partial charge on any atom is 0.328 e. The standard InChI is InChI=1S/C31H32FN9O2/c1-18(42)40-8-6-19(7-9-40)23-10-21(11-27-29(23)39(5)31(43)38(27)4)41-26-13-24(32)22(20-14-34-37(3)16-20)12-25(26)35-30(41)28-15-33-17-36(28)2/h10-17,19H,6-9H2,1-5H3. The number of fused-ring (bicyclic) bond motifs is 2. The zero-order valence-corrected chi connectivity index (χ0v) is 24.7. The van der Waals surface area contributed by atoms with Crippen molar-refractivity contribution in [1.29, 1.82) is 0 Å². The Morgan fingerprint density at radius 2 is 1.74 bits per heavy atom. The van der Waals surface area contributed by atoms with Crippen LogP contribution in [0, 0.1) is 5.82 Å². The van der Waals surface area contributed by atoms with Gasteiger partial charge in [-0.15, -0.1) is 0 Å². The third-order valence-corrected chi connectivity index (χ3v) is 8.82. The lowest BCUT2D eigenvalue weighted by atomic mass is 9.88. The molecule has 0 bridgehead atoms. The van der Waals surface area contributed by atoms with Crippen molar-refractivity contribution in [1.82, 2.24) is 42.9 Å². The molecule has 0 saturated carbocycles. The van der Waals surface area contributed by atoms with Crippen molar-refractivity contribution in [2.75, 3.05) is 13.1 Å². The Morgan fingerprint density at radius 3 is 2.40 bits per heavy atom. The molecule has 1 aliphatic heterocycles. The summed E-state index contributed by atoms with van der Waals surface area (Å²) in [5.41, 5.74) is 6.38. The number of hydrogen-bond acceptors (Lipinski definition) is 5. The van der Waals surface area contributed by atoms with Crippen molar-refractivity contribution in [2.24, 2.45) is 28.2 Å². The lowest BCUT2D eigenvalue weighted by Gasteiger charge is -2.32. The number of carbonyl (C=O) groups is 1. The number of likely N-dealkylation sites (tertiary alicyclic amines) is 1. The van der Waals surface area contributed by atoms with Crippen molar-refractivity contribution in [3.05, 3.63) is 71.0 Å². The van der Waals surface area contributed by atoms with E-state index in [9.17, 15) is 9.59 Å². The highest BCUT2D eigenvalue weighted by Gasteiger charge is 2.28. The molecular formula is C31H32FN9O2. The number of halogens is 1. The van der Waals surface area contributed by atoms with E-state index in [0.29, 0.717) is 41.1 Å². The van der Waals surface area contributed by atoms with Crippen LogP contribution in [0.25, 0.3) is 50.4 Å².